The van der Waals surface area contributed by atoms with E-state index in [1.54, 1.807) is 0 Å². The van der Waals surface area contributed by atoms with Crippen molar-refractivity contribution in [2.24, 2.45) is 5.73 Å². The highest BCUT2D eigenvalue weighted by molar-refractivity contribution is 5.79. The van der Waals surface area contributed by atoms with E-state index < -0.39 is 24.2 Å². The second-order valence-corrected chi connectivity index (χ2v) is 2.58. The number of carboxylic acid groups (broad SMARTS) is 1. The van der Waals surface area contributed by atoms with E-state index in [1.807, 2.05) is 0 Å². The number of carbonyl (C=O) groups is 2. The van der Waals surface area contributed by atoms with E-state index in [1.165, 1.54) is 13.2 Å². The predicted molar refractivity (Wildman–Crippen MR) is 53.0 cm³/mol. The van der Waals surface area contributed by atoms with Gasteiger partial charge < -0.3 is 15.6 Å². The van der Waals surface area contributed by atoms with Crippen molar-refractivity contribution >= 4 is 11.9 Å². The van der Waals surface area contributed by atoms with E-state index in [0.29, 0.717) is 5.57 Å². The molecule has 5 nitrogen and oxygen atoms in total. The molecule has 0 saturated carbocycles. The van der Waals surface area contributed by atoms with Crippen LogP contribution in [0.15, 0.2) is 24.8 Å². The van der Waals surface area contributed by atoms with Crippen LogP contribution in [-0.4, -0.2) is 36.4 Å². The van der Waals surface area contributed by atoms with Gasteiger partial charge in [-0.3, -0.25) is 4.79 Å². The van der Waals surface area contributed by atoms with Crippen LogP contribution in [0, 0.1) is 0 Å². The van der Waals surface area contributed by atoms with Crippen molar-refractivity contribution in [2.45, 2.75) is 12.2 Å². The predicted octanol–water partition coefficient (Wildman–Crippen LogP) is 0.862. The highest BCUT2D eigenvalue weighted by Gasteiger charge is 2.38. The fourth-order valence-electron chi connectivity index (χ4n) is 0.405. The Morgan fingerprint density at radius 2 is 1.82 bits per heavy atom. The third kappa shape index (κ3) is 8.03. The van der Waals surface area contributed by atoms with E-state index in [2.05, 4.69) is 17.9 Å². The van der Waals surface area contributed by atoms with Gasteiger partial charge in [-0.05, 0) is 5.57 Å². The molecule has 0 aliphatic heterocycles. The maximum absolute atomic E-state index is 10.7. The monoisotopic (exact) mass is 255 g/mol. The molecule has 0 fully saturated rings. The Bertz CT molecular complexity index is 312. The minimum absolute atomic E-state index is 0.465. The summed E-state index contributed by atoms with van der Waals surface area (Å²) in [5.74, 6) is -3.25. The van der Waals surface area contributed by atoms with Gasteiger partial charge in [0.2, 0.25) is 0 Å². The molecule has 1 atom stereocenters. The van der Waals surface area contributed by atoms with Crippen LogP contribution in [0.25, 0.3) is 0 Å². The third-order valence-corrected chi connectivity index (χ3v) is 1.36. The van der Waals surface area contributed by atoms with Gasteiger partial charge >= 0.3 is 18.1 Å². The summed E-state index contributed by atoms with van der Waals surface area (Å²) in [6.45, 7) is 6.91. The topological polar surface area (TPSA) is 89.6 Å². The van der Waals surface area contributed by atoms with Crippen molar-refractivity contribution in [3.63, 3.8) is 0 Å². The molecule has 0 aliphatic carbocycles. The second kappa shape index (κ2) is 7.44. The van der Waals surface area contributed by atoms with E-state index in [0.717, 1.165) is 0 Å². The standard InChI is InChI=1S/C7H11NO2.C2HF3O2/c1-4-5(2)6(8)7(9)10-3;3-2(4,5)1(6)7/h4,6H,1-2,8H2,3H3;(H,6,7). The number of methoxy groups -OCH3 is 1. The van der Waals surface area contributed by atoms with E-state index in [4.69, 9.17) is 15.6 Å². The Balaban J connectivity index is 0. The average molecular weight is 255 g/mol. The minimum Gasteiger partial charge on any atom is -0.475 e. The van der Waals surface area contributed by atoms with Gasteiger partial charge in [-0.15, -0.1) is 0 Å². The molecule has 0 amide bonds. The zero-order valence-electron chi connectivity index (χ0n) is 8.95. The van der Waals surface area contributed by atoms with Gasteiger partial charge in [0.05, 0.1) is 7.11 Å². The molecule has 0 radical (unpaired) electrons. The molecule has 0 spiro atoms. The molecule has 0 aliphatic rings. The van der Waals surface area contributed by atoms with Crippen LogP contribution in [-0.2, 0) is 14.3 Å². The molecule has 0 heterocycles. The number of carbonyl (C=O) groups excluding carboxylic acids is 1. The SMILES string of the molecule is C=CC(=C)C(N)C(=O)OC.O=C(O)C(F)(F)F. The van der Waals surface area contributed by atoms with E-state index >= 15 is 0 Å². The Morgan fingerprint density at radius 1 is 1.47 bits per heavy atom. The van der Waals surface area contributed by atoms with Gasteiger partial charge in [0.1, 0.15) is 6.04 Å². The van der Waals surface area contributed by atoms with Crippen LogP contribution >= 0.6 is 0 Å². The third-order valence-electron chi connectivity index (χ3n) is 1.36. The van der Waals surface area contributed by atoms with Crippen molar-refractivity contribution in [3.8, 4) is 0 Å². The number of nitrogens with two attached hydrogens (primary N) is 1. The fourth-order valence-corrected chi connectivity index (χ4v) is 0.405. The molecule has 98 valence electrons. The molecule has 0 bridgehead atoms. The molecule has 17 heavy (non-hydrogen) atoms. The summed E-state index contributed by atoms with van der Waals surface area (Å²) in [5, 5.41) is 7.12. The molecular weight excluding hydrogens is 243 g/mol. The lowest BCUT2D eigenvalue weighted by molar-refractivity contribution is -0.192. The lowest BCUT2D eigenvalue weighted by atomic mass is 10.1. The first-order chi connectivity index (χ1) is 7.57. The van der Waals surface area contributed by atoms with Crippen molar-refractivity contribution in [3.05, 3.63) is 24.8 Å². The zero-order chi connectivity index (χ0) is 14.2. The number of halogens is 3. The number of hydrogen-bond donors (Lipinski definition) is 2. The zero-order valence-corrected chi connectivity index (χ0v) is 8.95. The van der Waals surface area contributed by atoms with Gasteiger partial charge in [0.15, 0.2) is 0 Å². The molecule has 8 heteroatoms. The van der Waals surface area contributed by atoms with Gasteiger partial charge in [-0.1, -0.05) is 19.2 Å². The number of hydrogen-bond acceptors (Lipinski definition) is 4. The summed E-state index contributed by atoms with van der Waals surface area (Å²) in [6.07, 6.45) is -3.65. The van der Waals surface area contributed by atoms with Crippen LogP contribution in [0.5, 0.6) is 0 Å². The second-order valence-electron chi connectivity index (χ2n) is 2.58. The summed E-state index contributed by atoms with van der Waals surface area (Å²) in [5.41, 5.74) is 5.80. The van der Waals surface area contributed by atoms with Crippen molar-refractivity contribution in [2.75, 3.05) is 7.11 Å². The summed E-state index contributed by atoms with van der Waals surface area (Å²) in [6, 6.07) is -0.775. The minimum atomic E-state index is -5.08. The summed E-state index contributed by atoms with van der Waals surface area (Å²) >= 11 is 0. The normalized spacial score (nSPS) is 11.6. The Morgan fingerprint density at radius 3 is 2.00 bits per heavy atom. The number of carboxylic acids is 1. The van der Waals surface area contributed by atoms with E-state index in [9.17, 15) is 18.0 Å². The number of aliphatic carboxylic acids is 1. The number of rotatable bonds is 3. The summed E-state index contributed by atoms with van der Waals surface area (Å²) in [7, 11) is 1.28. The molecule has 0 aromatic heterocycles. The van der Waals surface area contributed by atoms with Gasteiger partial charge in [0.25, 0.3) is 0 Å². The average Bonchev–Trinajstić information content (AvgIpc) is 2.25. The number of alkyl halides is 3. The lowest BCUT2D eigenvalue weighted by Gasteiger charge is -2.07. The highest BCUT2D eigenvalue weighted by atomic mass is 19.4. The largest absolute Gasteiger partial charge is 0.490 e. The van der Waals surface area contributed by atoms with Crippen LogP contribution in [0.4, 0.5) is 13.2 Å². The smallest absolute Gasteiger partial charge is 0.475 e. The quantitative estimate of drug-likeness (QED) is 0.576. The molecule has 0 saturated heterocycles. The molecule has 3 N–H and O–H groups in total. The van der Waals surface area contributed by atoms with Gasteiger partial charge in [-0.25, -0.2) is 4.79 Å². The molecule has 1 unspecified atom stereocenters. The van der Waals surface area contributed by atoms with Crippen LogP contribution < -0.4 is 5.73 Å². The lowest BCUT2D eigenvalue weighted by Crippen LogP contribution is -2.32. The Labute approximate surface area is 95.4 Å². The number of esters is 1. The summed E-state index contributed by atoms with van der Waals surface area (Å²) < 4.78 is 36.1. The van der Waals surface area contributed by atoms with Gasteiger partial charge in [0, 0.05) is 0 Å². The van der Waals surface area contributed by atoms with Crippen LogP contribution in [0.3, 0.4) is 0 Å². The van der Waals surface area contributed by atoms with Crippen LogP contribution in [0.1, 0.15) is 0 Å². The highest BCUT2D eigenvalue weighted by Crippen LogP contribution is 2.13. The first kappa shape index (κ1) is 17.6. The summed E-state index contributed by atoms with van der Waals surface area (Å²) in [4.78, 5) is 19.6. The van der Waals surface area contributed by atoms with Crippen molar-refractivity contribution in [1.82, 2.24) is 0 Å². The first-order valence-electron chi connectivity index (χ1n) is 4.02. The maximum atomic E-state index is 10.7. The van der Waals surface area contributed by atoms with Crippen molar-refractivity contribution < 1.29 is 32.6 Å². The fraction of sp³-hybridized carbons (Fsp3) is 0.333. The molecule has 0 aromatic rings. The van der Waals surface area contributed by atoms with Gasteiger partial charge in [-0.2, -0.15) is 13.2 Å². The first-order valence-corrected chi connectivity index (χ1v) is 4.02. The van der Waals surface area contributed by atoms with Crippen LogP contribution in [0.2, 0.25) is 0 Å². The molecule has 0 aromatic carbocycles. The maximum Gasteiger partial charge on any atom is 0.490 e. The number of ether oxygens (including phenoxy) is 1. The Hall–Kier alpha value is -1.83. The Kier molecular flexibility index (Phi) is 7.69. The van der Waals surface area contributed by atoms with Crippen molar-refractivity contribution in [1.29, 1.82) is 0 Å². The van der Waals surface area contributed by atoms with E-state index in [-0.39, 0.29) is 0 Å². The molecule has 0 rings (SSSR count). The molecular formula is C9H12F3NO4.